The molecule has 0 aliphatic rings. The van der Waals surface area contributed by atoms with Crippen molar-refractivity contribution in [3.8, 4) is 0 Å². The van der Waals surface area contributed by atoms with Gasteiger partial charge in [0.1, 0.15) is 0 Å². The SMILES string of the molecule is O=C(Nc1c(Cl)cccc1C(F)(F)F)C(F)(F)C(F)F. The largest absolute Gasteiger partial charge is 0.418 e. The van der Waals surface area contributed by atoms with Crippen LogP contribution in [0.5, 0.6) is 0 Å². The first kappa shape index (κ1) is 16.5. The summed E-state index contributed by atoms with van der Waals surface area (Å²) in [5.74, 6) is -7.71. The Labute approximate surface area is 112 Å². The second-order valence-electron chi connectivity index (χ2n) is 3.54. The van der Waals surface area contributed by atoms with Gasteiger partial charge in [0.2, 0.25) is 0 Å². The first-order chi connectivity index (χ1) is 8.98. The topological polar surface area (TPSA) is 29.1 Å². The fourth-order valence-electron chi connectivity index (χ4n) is 1.18. The molecule has 1 rings (SSSR count). The third kappa shape index (κ3) is 3.33. The molecule has 0 heterocycles. The summed E-state index contributed by atoms with van der Waals surface area (Å²) in [6, 6.07) is 2.21. The number of amides is 1. The molecule has 0 saturated carbocycles. The van der Waals surface area contributed by atoms with E-state index in [1.807, 2.05) is 0 Å². The first-order valence-electron chi connectivity index (χ1n) is 4.81. The van der Waals surface area contributed by atoms with Crippen molar-refractivity contribution in [2.75, 3.05) is 5.32 Å². The molecule has 20 heavy (non-hydrogen) atoms. The summed E-state index contributed by atoms with van der Waals surface area (Å²) in [7, 11) is 0. The average Bonchev–Trinajstić information content (AvgIpc) is 2.29. The molecule has 0 unspecified atom stereocenters. The van der Waals surface area contributed by atoms with Gasteiger partial charge < -0.3 is 5.32 Å². The third-order valence-electron chi connectivity index (χ3n) is 2.13. The Hall–Kier alpha value is -1.51. The summed E-state index contributed by atoms with van der Waals surface area (Å²) in [4.78, 5) is 10.9. The van der Waals surface area contributed by atoms with E-state index in [9.17, 15) is 35.5 Å². The summed E-state index contributed by atoms with van der Waals surface area (Å²) in [5.41, 5.74) is -2.73. The summed E-state index contributed by atoms with van der Waals surface area (Å²) in [6.45, 7) is 0. The van der Waals surface area contributed by atoms with Crippen LogP contribution in [0, 0.1) is 0 Å². The molecule has 0 bridgehead atoms. The molecule has 1 aromatic carbocycles. The fourth-order valence-corrected chi connectivity index (χ4v) is 1.41. The molecule has 0 aliphatic carbocycles. The van der Waals surface area contributed by atoms with Gasteiger partial charge in [-0.15, -0.1) is 0 Å². The van der Waals surface area contributed by atoms with E-state index in [2.05, 4.69) is 0 Å². The van der Waals surface area contributed by atoms with Crippen molar-refractivity contribution in [3.05, 3.63) is 28.8 Å². The van der Waals surface area contributed by atoms with Gasteiger partial charge in [0.15, 0.2) is 0 Å². The van der Waals surface area contributed by atoms with Crippen LogP contribution >= 0.6 is 11.6 Å². The molecule has 0 aliphatic heterocycles. The van der Waals surface area contributed by atoms with Gasteiger partial charge in [-0.2, -0.15) is 22.0 Å². The maximum Gasteiger partial charge on any atom is 0.418 e. The van der Waals surface area contributed by atoms with Crippen molar-refractivity contribution < 1.29 is 35.5 Å². The van der Waals surface area contributed by atoms with Crippen molar-refractivity contribution in [2.45, 2.75) is 18.5 Å². The van der Waals surface area contributed by atoms with Gasteiger partial charge in [-0.25, -0.2) is 8.78 Å². The van der Waals surface area contributed by atoms with Crippen molar-refractivity contribution >= 4 is 23.2 Å². The molecule has 2 nitrogen and oxygen atoms in total. The molecular formula is C10H5ClF7NO. The fraction of sp³-hybridized carbons (Fsp3) is 0.300. The van der Waals surface area contributed by atoms with Gasteiger partial charge >= 0.3 is 24.4 Å². The standard InChI is InChI=1S/C10H5ClF7NO/c11-5-3-1-2-4(10(16,17)18)6(5)19-8(20)9(14,15)7(12)13/h1-3,7H,(H,19,20). The van der Waals surface area contributed by atoms with Gasteiger partial charge in [-0.1, -0.05) is 17.7 Å². The van der Waals surface area contributed by atoms with Crippen LogP contribution in [0.2, 0.25) is 5.02 Å². The minimum atomic E-state index is -5.14. The van der Waals surface area contributed by atoms with Crippen LogP contribution < -0.4 is 5.32 Å². The summed E-state index contributed by atoms with van der Waals surface area (Å²) < 4.78 is 87.0. The molecule has 0 aromatic heterocycles. The Bertz CT molecular complexity index is 515. The lowest BCUT2D eigenvalue weighted by molar-refractivity contribution is -0.163. The van der Waals surface area contributed by atoms with E-state index in [1.54, 1.807) is 0 Å². The average molecular weight is 324 g/mol. The number of nitrogens with one attached hydrogen (secondary N) is 1. The van der Waals surface area contributed by atoms with E-state index in [0.29, 0.717) is 6.07 Å². The number of carbonyl (C=O) groups excluding carboxylic acids is 1. The minimum absolute atomic E-state index is 0.460. The molecule has 0 fully saturated rings. The summed E-state index contributed by atoms with van der Waals surface area (Å²) >= 11 is 5.36. The van der Waals surface area contributed by atoms with Crippen molar-refractivity contribution in [1.29, 1.82) is 0 Å². The zero-order valence-corrected chi connectivity index (χ0v) is 10.00. The number of anilines is 1. The molecule has 0 atom stereocenters. The molecule has 1 amide bonds. The van der Waals surface area contributed by atoms with Crippen LogP contribution in [0.15, 0.2) is 18.2 Å². The van der Waals surface area contributed by atoms with Gasteiger partial charge in [0.05, 0.1) is 16.3 Å². The maximum atomic E-state index is 12.7. The Kier molecular flexibility index (Phi) is 4.52. The van der Waals surface area contributed by atoms with E-state index >= 15 is 0 Å². The molecule has 112 valence electrons. The predicted octanol–water partition coefficient (Wildman–Crippen LogP) is 4.20. The number of hydrogen-bond donors (Lipinski definition) is 1. The smallest absolute Gasteiger partial charge is 0.319 e. The number of halogens is 8. The number of para-hydroxylation sites is 1. The van der Waals surface area contributed by atoms with Crippen molar-refractivity contribution in [2.24, 2.45) is 0 Å². The second-order valence-corrected chi connectivity index (χ2v) is 3.95. The van der Waals surface area contributed by atoms with Crippen LogP contribution in [0.25, 0.3) is 0 Å². The van der Waals surface area contributed by atoms with Gasteiger partial charge in [-0.3, -0.25) is 4.79 Å². The van der Waals surface area contributed by atoms with Crippen LogP contribution in [-0.4, -0.2) is 18.3 Å². The van der Waals surface area contributed by atoms with E-state index in [1.165, 1.54) is 0 Å². The maximum absolute atomic E-state index is 12.7. The van der Waals surface area contributed by atoms with E-state index in [0.717, 1.165) is 17.4 Å². The minimum Gasteiger partial charge on any atom is -0.319 e. The summed E-state index contributed by atoms with van der Waals surface area (Å²) in [5, 5.41) is 0.376. The Morgan fingerprint density at radius 1 is 1.15 bits per heavy atom. The van der Waals surface area contributed by atoms with E-state index in [4.69, 9.17) is 11.6 Å². The van der Waals surface area contributed by atoms with Crippen molar-refractivity contribution in [3.63, 3.8) is 0 Å². The lowest BCUT2D eigenvalue weighted by Gasteiger charge is -2.18. The van der Waals surface area contributed by atoms with E-state index in [-0.39, 0.29) is 0 Å². The van der Waals surface area contributed by atoms with Crippen LogP contribution in [-0.2, 0) is 11.0 Å². The zero-order chi connectivity index (χ0) is 15.7. The number of hydrogen-bond acceptors (Lipinski definition) is 1. The molecule has 0 radical (unpaired) electrons. The number of alkyl halides is 7. The first-order valence-corrected chi connectivity index (χ1v) is 5.19. The molecule has 1 N–H and O–H groups in total. The summed E-state index contributed by atoms with van der Waals surface area (Å²) in [6.07, 6.45) is -9.37. The van der Waals surface area contributed by atoms with Gasteiger partial charge in [-0.05, 0) is 12.1 Å². The number of rotatable bonds is 3. The highest BCUT2D eigenvalue weighted by Crippen LogP contribution is 2.39. The van der Waals surface area contributed by atoms with Crippen LogP contribution in [0.1, 0.15) is 5.56 Å². The van der Waals surface area contributed by atoms with Crippen molar-refractivity contribution in [1.82, 2.24) is 0 Å². The van der Waals surface area contributed by atoms with Gasteiger partial charge in [0, 0.05) is 0 Å². The highest BCUT2D eigenvalue weighted by molar-refractivity contribution is 6.34. The highest BCUT2D eigenvalue weighted by atomic mass is 35.5. The molecular weight excluding hydrogens is 319 g/mol. The molecule has 0 spiro atoms. The number of benzene rings is 1. The Balaban J connectivity index is 3.20. The Morgan fingerprint density at radius 3 is 2.15 bits per heavy atom. The highest BCUT2D eigenvalue weighted by Gasteiger charge is 2.49. The molecule has 1 aromatic rings. The second kappa shape index (κ2) is 5.47. The van der Waals surface area contributed by atoms with Crippen LogP contribution in [0.4, 0.5) is 36.4 Å². The van der Waals surface area contributed by atoms with E-state index < -0.39 is 40.7 Å². The van der Waals surface area contributed by atoms with Crippen LogP contribution in [0.3, 0.4) is 0 Å². The monoisotopic (exact) mass is 323 g/mol. The lowest BCUT2D eigenvalue weighted by atomic mass is 10.1. The molecule has 10 heteroatoms. The lowest BCUT2D eigenvalue weighted by Crippen LogP contribution is -2.41. The quantitative estimate of drug-likeness (QED) is 0.830. The third-order valence-corrected chi connectivity index (χ3v) is 2.45. The predicted molar refractivity (Wildman–Crippen MR) is 56.0 cm³/mol. The molecule has 0 saturated heterocycles. The Morgan fingerprint density at radius 2 is 1.70 bits per heavy atom. The zero-order valence-electron chi connectivity index (χ0n) is 9.24. The van der Waals surface area contributed by atoms with Gasteiger partial charge in [0.25, 0.3) is 0 Å². The number of carbonyl (C=O) groups is 1. The normalized spacial score (nSPS) is 12.7.